The lowest BCUT2D eigenvalue weighted by atomic mass is 10.2. The minimum atomic E-state index is 0.645. The summed E-state index contributed by atoms with van der Waals surface area (Å²) in [5.74, 6) is 0. The lowest BCUT2D eigenvalue weighted by Gasteiger charge is -2.13. The van der Waals surface area contributed by atoms with Crippen LogP contribution in [0.2, 0.25) is 0 Å². The third-order valence-corrected chi connectivity index (χ3v) is 3.46. The van der Waals surface area contributed by atoms with E-state index < -0.39 is 0 Å². The predicted molar refractivity (Wildman–Crippen MR) is 81.1 cm³/mol. The van der Waals surface area contributed by atoms with E-state index in [-0.39, 0.29) is 0 Å². The Hall–Kier alpha value is -0.130. The minimum Gasteiger partial charge on any atom is -0.362 e. The molecule has 5 heteroatoms. The molecule has 0 aliphatic carbocycles. The lowest BCUT2D eigenvalue weighted by Crippen LogP contribution is -2.29. The molecule has 1 aromatic carbocycles. The van der Waals surface area contributed by atoms with Gasteiger partial charge in [-0.25, -0.2) is 0 Å². The Morgan fingerprint density at radius 3 is 2.38 bits per heavy atom. The highest BCUT2D eigenvalue weighted by molar-refractivity contribution is 9.11. The number of hydrogen-bond donors (Lipinski definition) is 2. The van der Waals surface area contributed by atoms with Crippen molar-refractivity contribution in [2.24, 2.45) is 0 Å². The summed E-state index contributed by atoms with van der Waals surface area (Å²) < 4.78 is 2.00. The highest BCUT2D eigenvalue weighted by Crippen LogP contribution is 2.32. The summed E-state index contributed by atoms with van der Waals surface area (Å²) >= 11 is 12.2. The molecule has 1 aromatic rings. The minimum absolute atomic E-state index is 0.645. The van der Waals surface area contributed by atoms with Crippen LogP contribution in [-0.4, -0.2) is 11.7 Å². The molecule has 0 atom stereocenters. The summed E-state index contributed by atoms with van der Waals surface area (Å²) in [6.07, 6.45) is 1.05. The van der Waals surface area contributed by atoms with Gasteiger partial charge in [0.25, 0.3) is 0 Å². The maximum absolute atomic E-state index is 5.19. The van der Waals surface area contributed by atoms with Crippen LogP contribution in [0.5, 0.6) is 0 Å². The highest BCUT2D eigenvalue weighted by Gasteiger charge is 2.07. The van der Waals surface area contributed by atoms with E-state index in [1.807, 2.05) is 6.92 Å². The van der Waals surface area contributed by atoms with Gasteiger partial charge in [0.15, 0.2) is 5.11 Å². The highest BCUT2D eigenvalue weighted by atomic mass is 79.9. The molecule has 88 valence electrons. The SMILES string of the molecule is CCCNC(=S)Nc1c(Br)cc(C)cc1Br. The molecule has 0 amide bonds. The zero-order valence-electron chi connectivity index (χ0n) is 9.23. The molecular weight excluding hydrogens is 352 g/mol. The van der Waals surface area contributed by atoms with Crippen molar-refractivity contribution in [3.8, 4) is 0 Å². The van der Waals surface area contributed by atoms with Crippen LogP contribution in [0, 0.1) is 6.92 Å². The molecule has 0 saturated heterocycles. The van der Waals surface area contributed by atoms with Gasteiger partial charge in [0.1, 0.15) is 0 Å². The van der Waals surface area contributed by atoms with Gasteiger partial charge in [0.05, 0.1) is 5.69 Å². The fourth-order valence-electron chi connectivity index (χ4n) is 1.22. The number of aryl methyl sites for hydroxylation is 1. The number of rotatable bonds is 3. The second-order valence-corrected chi connectivity index (χ2v) is 5.60. The van der Waals surface area contributed by atoms with Gasteiger partial charge in [-0.3, -0.25) is 0 Å². The third-order valence-electron chi connectivity index (χ3n) is 1.96. The molecule has 0 aliphatic rings. The topological polar surface area (TPSA) is 24.1 Å². The van der Waals surface area contributed by atoms with E-state index in [2.05, 4.69) is 61.5 Å². The number of halogens is 2. The van der Waals surface area contributed by atoms with Crippen LogP contribution in [0.15, 0.2) is 21.1 Å². The summed E-state index contributed by atoms with van der Waals surface area (Å²) in [5.41, 5.74) is 2.15. The molecular formula is C11H14Br2N2S. The van der Waals surface area contributed by atoms with Gasteiger partial charge in [0, 0.05) is 15.5 Å². The zero-order chi connectivity index (χ0) is 12.1. The first kappa shape index (κ1) is 13.9. The van der Waals surface area contributed by atoms with Crippen molar-refractivity contribution in [2.75, 3.05) is 11.9 Å². The lowest BCUT2D eigenvalue weighted by molar-refractivity contribution is 0.846. The average molecular weight is 366 g/mol. The molecule has 0 fully saturated rings. The number of nitrogens with one attached hydrogen (secondary N) is 2. The largest absolute Gasteiger partial charge is 0.362 e. The molecule has 0 bridgehead atoms. The quantitative estimate of drug-likeness (QED) is 0.784. The molecule has 0 radical (unpaired) electrons. The Kier molecular flexibility index (Phi) is 5.72. The molecule has 2 N–H and O–H groups in total. The van der Waals surface area contributed by atoms with Gasteiger partial charge in [-0.1, -0.05) is 6.92 Å². The smallest absolute Gasteiger partial charge is 0.170 e. The Morgan fingerprint density at radius 1 is 1.31 bits per heavy atom. The summed E-state index contributed by atoms with van der Waals surface area (Å²) in [5, 5.41) is 6.94. The normalized spacial score (nSPS) is 10.0. The van der Waals surface area contributed by atoms with E-state index in [1.54, 1.807) is 0 Å². The first-order valence-electron chi connectivity index (χ1n) is 5.05. The van der Waals surface area contributed by atoms with Crippen LogP contribution in [0.1, 0.15) is 18.9 Å². The Balaban J connectivity index is 2.77. The van der Waals surface area contributed by atoms with Gasteiger partial charge >= 0.3 is 0 Å². The molecule has 2 nitrogen and oxygen atoms in total. The maximum atomic E-state index is 5.19. The van der Waals surface area contributed by atoms with Crippen LogP contribution in [0.3, 0.4) is 0 Å². The molecule has 0 aliphatic heterocycles. The first-order valence-corrected chi connectivity index (χ1v) is 7.04. The first-order chi connectivity index (χ1) is 7.54. The number of benzene rings is 1. The molecule has 0 aromatic heterocycles. The van der Waals surface area contributed by atoms with Crippen molar-refractivity contribution in [3.63, 3.8) is 0 Å². The Bertz CT molecular complexity index is 371. The average Bonchev–Trinajstić information content (AvgIpc) is 2.20. The van der Waals surface area contributed by atoms with Crippen molar-refractivity contribution in [1.29, 1.82) is 0 Å². The van der Waals surface area contributed by atoms with E-state index in [4.69, 9.17) is 12.2 Å². The molecule has 1 rings (SSSR count). The fourth-order valence-corrected chi connectivity index (χ4v) is 3.03. The number of thiocarbonyl (C=S) groups is 1. The molecule has 0 spiro atoms. The summed E-state index contributed by atoms with van der Waals surface area (Å²) in [4.78, 5) is 0. The second kappa shape index (κ2) is 6.57. The zero-order valence-corrected chi connectivity index (χ0v) is 13.2. The molecule has 16 heavy (non-hydrogen) atoms. The summed E-state index contributed by atoms with van der Waals surface area (Å²) in [7, 11) is 0. The summed E-state index contributed by atoms with van der Waals surface area (Å²) in [6.45, 7) is 5.03. The van der Waals surface area contributed by atoms with Gasteiger partial charge in [-0.2, -0.15) is 0 Å². The predicted octanol–water partition coefficient (Wildman–Crippen LogP) is 4.22. The van der Waals surface area contributed by atoms with Crippen molar-refractivity contribution < 1.29 is 0 Å². The third kappa shape index (κ3) is 4.03. The van der Waals surface area contributed by atoms with Crippen LogP contribution in [-0.2, 0) is 0 Å². The monoisotopic (exact) mass is 364 g/mol. The van der Waals surface area contributed by atoms with Crippen LogP contribution in [0.4, 0.5) is 5.69 Å². The number of anilines is 1. The van der Waals surface area contributed by atoms with Crippen molar-refractivity contribution in [1.82, 2.24) is 5.32 Å². The van der Waals surface area contributed by atoms with Crippen molar-refractivity contribution >= 4 is 54.9 Å². The van der Waals surface area contributed by atoms with E-state index in [0.717, 1.165) is 27.6 Å². The van der Waals surface area contributed by atoms with Crippen LogP contribution < -0.4 is 10.6 Å². The molecule has 0 unspecified atom stereocenters. The standard InChI is InChI=1S/C11H14Br2N2S/c1-3-4-14-11(16)15-10-8(12)5-7(2)6-9(10)13/h5-6H,3-4H2,1-2H3,(H2,14,15,16). The van der Waals surface area contributed by atoms with Gasteiger partial charge in [-0.15, -0.1) is 0 Å². The van der Waals surface area contributed by atoms with Crippen molar-refractivity contribution in [3.05, 3.63) is 26.6 Å². The van der Waals surface area contributed by atoms with Crippen molar-refractivity contribution in [2.45, 2.75) is 20.3 Å². The molecule has 0 heterocycles. The van der Waals surface area contributed by atoms with Crippen LogP contribution in [0.25, 0.3) is 0 Å². The van der Waals surface area contributed by atoms with E-state index in [9.17, 15) is 0 Å². The van der Waals surface area contributed by atoms with E-state index >= 15 is 0 Å². The Morgan fingerprint density at radius 2 is 1.88 bits per heavy atom. The van der Waals surface area contributed by atoms with Gasteiger partial charge in [0.2, 0.25) is 0 Å². The summed E-state index contributed by atoms with van der Waals surface area (Å²) in [6, 6.07) is 4.10. The van der Waals surface area contributed by atoms with Gasteiger partial charge < -0.3 is 10.6 Å². The van der Waals surface area contributed by atoms with E-state index in [0.29, 0.717) is 5.11 Å². The molecule has 0 saturated carbocycles. The number of hydrogen-bond acceptors (Lipinski definition) is 1. The Labute approximate surface area is 118 Å². The van der Waals surface area contributed by atoms with Gasteiger partial charge in [-0.05, 0) is 75.1 Å². The van der Waals surface area contributed by atoms with Crippen LogP contribution >= 0.6 is 44.1 Å². The fraction of sp³-hybridized carbons (Fsp3) is 0.364. The second-order valence-electron chi connectivity index (χ2n) is 3.48. The maximum Gasteiger partial charge on any atom is 0.170 e. The van der Waals surface area contributed by atoms with E-state index in [1.165, 1.54) is 5.56 Å².